The zero-order valence-corrected chi connectivity index (χ0v) is 11.7. The lowest BCUT2D eigenvalue weighted by Gasteiger charge is -2.00. The minimum atomic E-state index is 0.665. The van der Waals surface area contributed by atoms with Crippen LogP contribution in [0.1, 0.15) is 5.56 Å². The summed E-state index contributed by atoms with van der Waals surface area (Å²) in [7, 11) is 0. The highest BCUT2D eigenvalue weighted by atomic mass is 16.3. The Labute approximate surface area is 122 Å². The number of aromatic nitrogens is 2. The van der Waals surface area contributed by atoms with Gasteiger partial charge in [0.2, 0.25) is 5.89 Å². The molecule has 0 saturated heterocycles. The number of nitrogens with zero attached hydrogens (tertiary/aromatic N) is 2. The number of benzene rings is 2. The summed E-state index contributed by atoms with van der Waals surface area (Å²) in [5.74, 6) is 0.665. The molecule has 0 aliphatic rings. The molecule has 2 aromatic heterocycles. The fraction of sp³-hybridized carbons (Fsp3) is 0.0556. The van der Waals surface area contributed by atoms with E-state index in [1.54, 1.807) is 0 Å². The molecular weight excluding hydrogens is 260 g/mol. The molecule has 3 heteroatoms. The van der Waals surface area contributed by atoms with Crippen molar-refractivity contribution in [2.24, 2.45) is 0 Å². The van der Waals surface area contributed by atoms with Gasteiger partial charge in [0.1, 0.15) is 5.52 Å². The van der Waals surface area contributed by atoms with E-state index < -0.39 is 0 Å². The molecule has 2 aromatic carbocycles. The molecular formula is C18H14N2O. The fourth-order valence-corrected chi connectivity index (χ4v) is 2.48. The second-order valence-corrected chi connectivity index (χ2v) is 5.13. The Morgan fingerprint density at radius 1 is 0.952 bits per heavy atom. The van der Waals surface area contributed by atoms with Gasteiger partial charge in [0.25, 0.3) is 0 Å². The number of fused-ring (bicyclic) bond motifs is 1. The molecule has 0 radical (unpaired) electrons. The van der Waals surface area contributed by atoms with Crippen molar-refractivity contribution in [2.75, 3.05) is 0 Å². The highest BCUT2D eigenvalue weighted by Crippen LogP contribution is 2.26. The number of oxazole rings is 1. The zero-order chi connectivity index (χ0) is 14.2. The highest BCUT2D eigenvalue weighted by Gasteiger charge is 2.09. The van der Waals surface area contributed by atoms with Crippen molar-refractivity contribution in [3.63, 3.8) is 0 Å². The summed E-state index contributed by atoms with van der Waals surface area (Å²) in [5.41, 5.74) is 4.95. The minimum absolute atomic E-state index is 0.665. The minimum Gasteiger partial charge on any atom is -0.436 e. The van der Waals surface area contributed by atoms with Crippen molar-refractivity contribution in [2.45, 2.75) is 6.92 Å². The van der Waals surface area contributed by atoms with E-state index >= 15 is 0 Å². The van der Waals surface area contributed by atoms with Crippen LogP contribution in [0.5, 0.6) is 0 Å². The van der Waals surface area contributed by atoms with Crippen molar-refractivity contribution in [1.82, 2.24) is 9.55 Å². The number of hydrogen-bond acceptors (Lipinski definition) is 2. The van der Waals surface area contributed by atoms with Gasteiger partial charge in [-0.3, -0.25) is 0 Å². The molecule has 0 unspecified atom stereocenters. The normalized spacial score (nSPS) is 11.1. The summed E-state index contributed by atoms with van der Waals surface area (Å²) in [6.07, 6.45) is 4.03. The Hall–Kier alpha value is -2.81. The van der Waals surface area contributed by atoms with E-state index in [2.05, 4.69) is 24.0 Å². The second kappa shape index (κ2) is 4.63. The summed E-state index contributed by atoms with van der Waals surface area (Å²) in [6.45, 7) is 2.07. The predicted octanol–water partition coefficient (Wildman–Crippen LogP) is 4.59. The first-order chi connectivity index (χ1) is 10.3. The van der Waals surface area contributed by atoms with Crippen LogP contribution in [0.2, 0.25) is 0 Å². The summed E-state index contributed by atoms with van der Waals surface area (Å²) in [4.78, 5) is 4.57. The monoisotopic (exact) mass is 274 g/mol. The van der Waals surface area contributed by atoms with Crippen molar-refractivity contribution in [1.29, 1.82) is 0 Å². The standard InChI is InChI=1S/C18H14N2O/c1-13-5-4-6-14(11-13)18-19-16-8-7-15(12-17(16)21-18)20-9-2-3-10-20/h2-12H,1H3. The van der Waals surface area contributed by atoms with Crippen LogP contribution >= 0.6 is 0 Å². The van der Waals surface area contributed by atoms with E-state index in [0.717, 1.165) is 22.4 Å². The average Bonchev–Trinajstić information content (AvgIpc) is 3.16. The molecule has 0 N–H and O–H groups in total. The molecule has 0 amide bonds. The molecule has 4 aromatic rings. The van der Waals surface area contributed by atoms with E-state index in [0.29, 0.717) is 5.89 Å². The van der Waals surface area contributed by atoms with E-state index in [-0.39, 0.29) is 0 Å². The lowest BCUT2D eigenvalue weighted by atomic mass is 10.1. The van der Waals surface area contributed by atoms with Crippen LogP contribution in [0, 0.1) is 6.92 Å². The van der Waals surface area contributed by atoms with Gasteiger partial charge in [0.05, 0.1) is 0 Å². The van der Waals surface area contributed by atoms with Gasteiger partial charge < -0.3 is 8.98 Å². The third kappa shape index (κ3) is 2.13. The maximum atomic E-state index is 5.92. The van der Waals surface area contributed by atoms with E-state index in [4.69, 9.17) is 4.42 Å². The Bertz CT molecular complexity index is 904. The van der Waals surface area contributed by atoms with Crippen molar-refractivity contribution in [3.8, 4) is 17.1 Å². The van der Waals surface area contributed by atoms with Gasteiger partial charge in [-0.15, -0.1) is 0 Å². The van der Waals surface area contributed by atoms with Crippen LogP contribution in [0.3, 0.4) is 0 Å². The Kier molecular flexibility index (Phi) is 2.64. The maximum absolute atomic E-state index is 5.92. The quantitative estimate of drug-likeness (QED) is 0.535. The lowest BCUT2D eigenvalue weighted by Crippen LogP contribution is -1.87. The SMILES string of the molecule is Cc1cccc(-c2nc3ccc(-n4cccc4)cc3o2)c1. The predicted molar refractivity (Wildman–Crippen MR) is 83.5 cm³/mol. The maximum Gasteiger partial charge on any atom is 0.227 e. The Morgan fingerprint density at radius 3 is 2.62 bits per heavy atom. The largest absolute Gasteiger partial charge is 0.436 e. The van der Waals surface area contributed by atoms with Crippen molar-refractivity contribution >= 4 is 11.1 Å². The molecule has 0 aliphatic carbocycles. The first kappa shape index (κ1) is 12.0. The van der Waals surface area contributed by atoms with Gasteiger partial charge in [0.15, 0.2) is 5.58 Å². The molecule has 0 aliphatic heterocycles. The molecule has 2 heterocycles. The Balaban J connectivity index is 1.83. The van der Waals surface area contributed by atoms with Gasteiger partial charge in [-0.25, -0.2) is 4.98 Å². The second-order valence-electron chi connectivity index (χ2n) is 5.13. The number of rotatable bonds is 2. The smallest absolute Gasteiger partial charge is 0.227 e. The highest BCUT2D eigenvalue weighted by molar-refractivity contribution is 5.78. The first-order valence-electron chi connectivity index (χ1n) is 6.90. The molecule has 0 fully saturated rings. The summed E-state index contributed by atoms with van der Waals surface area (Å²) < 4.78 is 7.97. The molecule has 3 nitrogen and oxygen atoms in total. The average molecular weight is 274 g/mol. The van der Waals surface area contributed by atoms with Gasteiger partial charge in [0, 0.05) is 29.7 Å². The van der Waals surface area contributed by atoms with Crippen molar-refractivity contribution < 1.29 is 4.42 Å². The van der Waals surface area contributed by atoms with Gasteiger partial charge >= 0.3 is 0 Å². The zero-order valence-electron chi connectivity index (χ0n) is 11.7. The Morgan fingerprint density at radius 2 is 1.81 bits per heavy atom. The molecule has 4 rings (SSSR count). The van der Waals surface area contributed by atoms with Crippen LogP contribution in [0.25, 0.3) is 28.2 Å². The van der Waals surface area contributed by atoms with Crippen LogP contribution in [-0.4, -0.2) is 9.55 Å². The third-order valence-corrected chi connectivity index (χ3v) is 3.54. The molecule has 0 atom stereocenters. The van der Waals surface area contributed by atoms with Crippen LogP contribution in [0.4, 0.5) is 0 Å². The summed E-state index contributed by atoms with van der Waals surface area (Å²) in [6, 6.07) is 18.2. The first-order valence-corrected chi connectivity index (χ1v) is 6.90. The topological polar surface area (TPSA) is 31.0 Å². The molecule has 102 valence electrons. The molecule has 0 bridgehead atoms. The fourth-order valence-electron chi connectivity index (χ4n) is 2.48. The summed E-state index contributed by atoms with van der Waals surface area (Å²) >= 11 is 0. The number of hydrogen-bond donors (Lipinski definition) is 0. The van der Waals surface area contributed by atoms with E-state index in [1.165, 1.54) is 5.56 Å². The van der Waals surface area contributed by atoms with E-state index in [9.17, 15) is 0 Å². The van der Waals surface area contributed by atoms with Crippen LogP contribution < -0.4 is 0 Å². The van der Waals surface area contributed by atoms with Gasteiger partial charge in [-0.2, -0.15) is 0 Å². The number of aryl methyl sites for hydroxylation is 1. The van der Waals surface area contributed by atoms with Crippen molar-refractivity contribution in [3.05, 3.63) is 72.6 Å². The van der Waals surface area contributed by atoms with Crippen LogP contribution in [-0.2, 0) is 0 Å². The van der Waals surface area contributed by atoms with E-state index in [1.807, 2.05) is 59.4 Å². The lowest BCUT2D eigenvalue weighted by molar-refractivity contribution is 0.619. The molecule has 21 heavy (non-hydrogen) atoms. The summed E-state index contributed by atoms with van der Waals surface area (Å²) in [5, 5.41) is 0. The van der Waals surface area contributed by atoms with Crippen LogP contribution in [0.15, 0.2) is 71.4 Å². The van der Waals surface area contributed by atoms with Gasteiger partial charge in [-0.05, 0) is 43.3 Å². The third-order valence-electron chi connectivity index (χ3n) is 3.54. The molecule has 0 spiro atoms. The van der Waals surface area contributed by atoms with Gasteiger partial charge in [-0.1, -0.05) is 17.7 Å². The molecule has 0 saturated carbocycles.